The molecule has 0 radical (unpaired) electrons. The molecule has 0 aliphatic heterocycles. The molecule has 0 bridgehead atoms. The number of amides is 2. The van der Waals surface area contributed by atoms with Gasteiger partial charge >= 0.3 is 6.03 Å². The van der Waals surface area contributed by atoms with Gasteiger partial charge in [0.2, 0.25) is 5.95 Å². The number of ether oxygens (including phenoxy) is 1. The molecule has 1 atom stereocenters. The first-order chi connectivity index (χ1) is 16.4. The number of urea groups is 1. The fourth-order valence-electron chi connectivity index (χ4n) is 3.32. The summed E-state index contributed by atoms with van der Waals surface area (Å²) < 4.78 is 5.26. The van der Waals surface area contributed by atoms with Crippen LogP contribution in [0.2, 0.25) is 0 Å². The standard InChI is InChI=1S/C24H33N7O2S/c1-6-25-23(32)26-12-17-9-7-8-10-18(17)19-11-20(21-13-27-24(34-21)28-15(2)3)31-22(30-19)29-16(4)14-33-5/h7-11,13,15-16H,6,12,14H2,1-5H3,(H,27,28)(H2,25,26,32)(H,29,30,31)/t16-/m0/s1. The minimum atomic E-state index is -0.203. The topological polar surface area (TPSA) is 113 Å². The molecule has 0 unspecified atom stereocenters. The number of benzene rings is 1. The molecule has 2 aromatic heterocycles. The molecule has 4 N–H and O–H groups in total. The number of nitrogens with one attached hydrogen (secondary N) is 4. The zero-order valence-electron chi connectivity index (χ0n) is 20.3. The van der Waals surface area contributed by atoms with E-state index >= 15 is 0 Å². The van der Waals surface area contributed by atoms with E-state index in [-0.39, 0.29) is 18.1 Å². The first kappa shape index (κ1) is 25.4. The SMILES string of the molecule is CCNC(=O)NCc1ccccc1-c1cc(-c2cnc(NC(C)C)s2)nc(N[C@@H](C)COC)n1. The molecule has 0 aliphatic carbocycles. The Hall–Kier alpha value is -3.24. The zero-order valence-corrected chi connectivity index (χ0v) is 21.1. The van der Waals surface area contributed by atoms with Gasteiger partial charge in [-0.2, -0.15) is 0 Å². The molecule has 0 spiro atoms. The quantitative estimate of drug-likeness (QED) is 0.321. The average molecular weight is 484 g/mol. The van der Waals surface area contributed by atoms with Crippen molar-refractivity contribution in [1.29, 1.82) is 0 Å². The van der Waals surface area contributed by atoms with Crippen LogP contribution in [0.15, 0.2) is 36.5 Å². The highest BCUT2D eigenvalue weighted by atomic mass is 32.1. The van der Waals surface area contributed by atoms with E-state index in [4.69, 9.17) is 14.7 Å². The van der Waals surface area contributed by atoms with Crippen LogP contribution in [0.4, 0.5) is 15.9 Å². The second-order valence-corrected chi connectivity index (χ2v) is 9.19. The Morgan fingerprint density at radius 3 is 2.59 bits per heavy atom. The van der Waals surface area contributed by atoms with Crippen molar-refractivity contribution in [2.75, 3.05) is 30.9 Å². The Balaban J connectivity index is 1.99. The summed E-state index contributed by atoms with van der Waals surface area (Å²) in [6.07, 6.45) is 1.83. The molecule has 34 heavy (non-hydrogen) atoms. The van der Waals surface area contributed by atoms with Crippen LogP contribution in [-0.2, 0) is 11.3 Å². The molecule has 10 heteroatoms. The molecule has 182 valence electrons. The van der Waals surface area contributed by atoms with E-state index in [1.807, 2.05) is 50.4 Å². The third-order valence-corrected chi connectivity index (χ3v) is 5.71. The van der Waals surface area contributed by atoms with Gasteiger partial charge in [0, 0.05) is 44.0 Å². The van der Waals surface area contributed by atoms with Crippen molar-refractivity contribution >= 4 is 28.4 Å². The average Bonchev–Trinajstić information content (AvgIpc) is 3.26. The van der Waals surface area contributed by atoms with E-state index < -0.39 is 0 Å². The van der Waals surface area contributed by atoms with Gasteiger partial charge in [-0.1, -0.05) is 35.6 Å². The molecular formula is C24H33N7O2S. The molecule has 2 heterocycles. The summed E-state index contributed by atoms with van der Waals surface area (Å²) in [4.78, 5) is 26.9. The predicted octanol–water partition coefficient (Wildman–Crippen LogP) is 4.35. The molecule has 2 amide bonds. The van der Waals surface area contributed by atoms with Gasteiger partial charge in [-0.05, 0) is 39.3 Å². The summed E-state index contributed by atoms with van der Waals surface area (Å²) in [6, 6.07) is 9.98. The van der Waals surface area contributed by atoms with Gasteiger partial charge in [0.25, 0.3) is 0 Å². The van der Waals surface area contributed by atoms with Crippen molar-refractivity contribution in [3.63, 3.8) is 0 Å². The Morgan fingerprint density at radius 1 is 1.09 bits per heavy atom. The summed E-state index contributed by atoms with van der Waals surface area (Å²) in [6.45, 7) is 9.53. The summed E-state index contributed by atoms with van der Waals surface area (Å²) in [5.74, 6) is 0.510. The number of carbonyl (C=O) groups is 1. The Labute approximate surface area is 204 Å². The number of hydrogen-bond donors (Lipinski definition) is 4. The molecule has 0 aliphatic rings. The molecule has 9 nitrogen and oxygen atoms in total. The van der Waals surface area contributed by atoms with Gasteiger partial charge in [0.1, 0.15) is 0 Å². The van der Waals surface area contributed by atoms with Gasteiger partial charge in [-0.3, -0.25) is 0 Å². The number of methoxy groups -OCH3 is 1. The van der Waals surface area contributed by atoms with Crippen molar-refractivity contribution in [2.24, 2.45) is 0 Å². The van der Waals surface area contributed by atoms with Crippen molar-refractivity contribution in [1.82, 2.24) is 25.6 Å². The van der Waals surface area contributed by atoms with Crippen LogP contribution in [0.1, 0.15) is 33.3 Å². The van der Waals surface area contributed by atoms with Crippen LogP contribution in [0.5, 0.6) is 0 Å². The van der Waals surface area contributed by atoms with Gasteiger partial charge in [0.05, 0.1) is 22.9 Å². The van der Waals surface area contributed by atoms with Gasteiger partial charge in [0.15, 0.2) is 5.13 Å². The maximum Gasteiger partial charge on any atom is 0.315 e. The number of carbonyl (C=O) groups excluding carboxylic acids is 1. The molecule has 0 saturated heterocycles. The lowest BCUT2D eigenvalue weighted by Crippen LogP contribution is -2.34. The Bertz CT molecular complexity index is 1090. The number of nitrogens with zero attached hydrogens (tertiary/aromatic N) is 3. The number of anilines is 2. The molecule has 0 fully saturated rings. The van der Waals surface area contributed by atoms with Crippen LogP contribution in [-0.4, -0.2) is 53.3 Å². The Morgan fingerprint density at radius 2 is 1.85 bits per heavy atom. The summed E-state index contributed by atoms with van der Waals surface area (Å²) in [7, 11) is 1.67. The largest absolute Gasteiger partial charge is 0.383 e. The molecule has 0 saturated carbocycles. The van der Waals surface area contributed by atoms with Crippen LogP contribution in [0.3, 0.4) is 0 Å². The maximum atomic E-state index is 11.9. The fourth-order valence-corrected chi connectivity index (χ4v) is 4.24. The first-order valence-electron chi connectivity index (χ1n) is 11.4. The number of aromatic nitrogens is 3. The molecular weight excluding hydrogens is 450 g/mol. The fraction of sp³-hybridized carbons (Fsp3) is 0.417. The minimum absolute atomic E-state index is 0.0300. The summed E-state index contributed by atoms with van der Waals surface area (Å²) >= 11 is 1.55. The van der Waals surface area contributed by atoms with E-state index in [2.05, 4.69) is 40.1 Å². The maximum absolute atomic E-state index is 11.9. The van der Waals surface area contributed by atoms with Crippen LogP contribution in [0, 0.1) is 0 Å². The zero-order chi connectivity index (χ0) is 24.5. The lowest BCUT2D eigenvalue weighted by Gasteiger charge is -2.16. The second-order valence-electron chi connectivity index (χ2n) is 8.16. The summed E-state index contributed by atoms with van der Waals surface area (Å²) in [5.41, 5.74) is 3.42. The van der Waals surface area contributed by atoms with Crippen molar-refractivity contribution in [3.8, 4) is 21.8 Å². The second kappa shape index (κ2) is 12.3. The van der Waals surface area contributed by atoms with E-state index in [1.54, 1.807) is 18.4 Å². The van der Waals surface area contributed by atoms with Crippen molar-refractivity contribution in [3.05, 3.63) is 42.1 Å². The molecule has 3 rings (SSSR count). The monoisotopic (exact) mass is 483 g/mol. The number of rotatable bonds is 11. The third-order valence-electron chi connectivity index (χ3n) is 4.76. The van der Waals surface area contributed by atoms with Crippen molar-refractivity contribution in [2.45, 2.75) is 46.3 Å². The van der Waals surface area contributed by atoms with E-state index in [9.17, 15) is 4.79 Å². The van der Waals surface area contributed by atoms with Gasteiger partial charge in [-0.25, -0.2) is 19.7 Å². The number of thiazole rings is 1. The highest BCUT2D eigenvalue weighted by molar-refractivity contribution is 7.18. The van der Waals surface area contributed by atoms with Gasteiger partial charge in [-0.15, -0.1) is 0 Å². The highest BCUT2D eigenvalue weighted by Crippen LogP contribution is 2.32. The smallest absolute Gasteiger partial charge is 0.315 e. The first-order valence-corrected chi connectivity index (χ1v) is 12.2. The lowest BCUT2D eigenvalue weighted by molar-refractivity contribution is 0.190. The Kier molecular flexibility index (Phi) is 9.17. The third kappa shape index (κ3) is 7.13. The minimum Gasteiger partial charge on any atom is -0.383 e. The number of hydrogen-bond acceptors (Lipinski definition) is 8. The van der Waals surface area contributed by atoms with E-state index in [0.717, 1.165) is 32.5 Å². The van der Waals surface area contributed by atoms with E-state index in [0.29, 0.717) is 25.6 Å². The lowest BCUT2D eigenvalue weighted by atomic mass is 10.0. The van der Waals surface area contributed by atoms with Gasteiger partial charge < -0.3 is 26.0 Å². The molecule has 1 aromatic carbocycles. The predicted molar refractivity (Wildman–Crippen MR) is 138 cm³/mol. The van der Waals surface area contributed by atoms with Crippen molar-refractivity contribution < 1.29 is 9.53 Å². The van der Waals surface area contributed by atoms with E-state index in [1.165, 1.54) is 0 Å². The van der Waals surface area contributed by atoms with Crippen LogP contribution >= 0.6 is 11.3 Å². The summed E-state index contributed by atoms with van der Waals surface area (Å²) in [5, 5.41) is 13.2. The molecule has 3 aromatic rings. The normalized spacial score (nSPS) is 11.8. The highest BCUT2D eigenvalue weighted by Gasteiger charge is 2.15. The van der Waals surface area contributed by atoms with Crippen LogP contribution < -0.4 is 21.3 Å². The van der Waals surface area contributed by atoms with Crippen LogP contribution in [0.25, 0.3) is 21.8 Å².